The largest absolute Gasteiger partial charge is 0.360 e. The van der Waals surface area contributed by atoms with Gasteiger partial charge in [0.2, 0.25) is 0 Å². The second-order valence-corrected chi connectivity index (χ2v) is 8.59. The molecule has 2 heterocycles. The maximum Gasteiger partial charge on any atom is 0.284 e. The summed E-state index contributed by atoms with van der Waals surface area (Å²) in [4.78, 5) is -0.0220. The van der Waals surface area contributed by atoms with E-state index < -0.39 is 10.0 Å². The summed E-state index contributed by atoms with van der Waals surface area (Å²) < 4.78 is 32.0. The standard InChI is InChI=1S/C19H13Cl2N3O3S/c1-12-18(19(23-27-12)13-6-8-14(20)9-7-13)16-10-11-24(22-16)28(25,26)17-5-3-2-4-15(17)21/h2-11H,1H3. The SMILES string of the molecule is Cc1onc(-c2ccc(Cl)cc2)c1-c1ccn(S(=O)(=O)c2ccccc2Cl)n1. The van der Waals surface area contributed by atoms with Gasteiger partial charge in [0.1, 0.15) is 16.3 Å². The number of benzene rings is 2. The molecular formula is C19H13Cl2N3O3S. The Morgan fingerprint density at radius 2 is 1.71 bits per heavy atom. The Labute approximate surface area is 171 Å². The molecule has 0 radical (unpaired) electrons. The van der Waals surface area contributed by atoms with Crippen LogP contribution in [0.4, 0.5) is 0 Å². The summed E-state index contributed by atoms with van der Waals surface area (Å²) in [6.45, 7) is 1.74. The lowest BCUT2D eigenvalue weighted by atomic mass is 10.0. The van der Waals surface area contributed by atoms with Gasteiger partial charge in [-0.15, -0.1) is 0 Å². The maximum atomic E-state index is 12.9. The summed E-state index contributed by atoms with van der Waals surface area (Å²) in [6, 6.07) is 14.9. The maximum absolute atomic E-state index is 12.9. The summed E-state index contributed by atoms with van der Waals surface area (Å²) in [5.41, 5.74) is 2.35. The van der Waals surface area contributed by atoms with Gasteiger partial charge in [-0.3, -0.25) is 0 Å². The van der Waals surface area contributed by atoms with Gasteiger partial charge in [0.05, 0.1) is 16.3 Å². The van der Waals surface area contributed by atoms with E-state index in [0.29, 0.717) is 27.7 Å². The van der Waals surface area contributed by atoms with Crippen LogP contribution >= 0.6 is 23.2 Å². The second kappa shape index (κ2) is 7.09. The van der Waals surface area contributed by atoms with Gasteiger partial charge in [-0.05, 0) is 37.3 Å². The van der Waals surface area contributed by atoms with Crippen LogP contribution < -0.4 is 0 Å². The van der Waals surface area contributed by atoms with E-state index in [0.717, 1.165) is 9.65 Å². The Hall–Kier alpha value is -2.61. The molecule has 0 N–H and O–H groups in total. The number of aromatic nitrogens is 3. The van der Waals surface area contributed by atoms with Crippen molar-refractivity contribution >= 4 is 33.2 Å². The van der Waals surface area contributed by atoms with Crippen LogP contribution in [0.25, 0.3) is 22.5 Å². The fraction of sp³-hybridized carbons (Fsp3) is 0.0526. The van der Waals surface area contributed by atoms with E-state index in [-0.39, 0.29) is 9.92 Å². The van der Waals surface area contributed by atoms with Crippen LogP contribution in [0.5, 0.6) is 0 Å². The number of hydrogen-bond donors (Lipinski definition) is 0. The van der Waals surface area contributed by atoms with Crippen LogP contribution in [0.15, 0.2) is 70.2 Å². The Morgan fingerprint density at radius 1 is 1.00 bits per heavy atom. The molecule has 2 aromatic carbocycles. The molecule has 0 aliphatic carbocycles. The van der Waals surface area contributed by atoms with Gasteiger partial charge < -0.3 is 4.52 Å². The molecule has 6 nitrogen and oxygen atoms in total. The lowest BCUT2D eigenvalue weighted by molar-refractivity contribution is 0.400. The highest BCUT2D eigenvalue weighted by molar-refractivity contribution is 7.90. The summed E-state index contributed by atoms with van der Waals surface area (Å²) in [7, 11) is -3.93. The minimum absolute atomic E-state index is 0.0220. The first-order valence-electron chi connectivity index (χ1n) is 8.16. The van der Waals surface area contributed by atoms with Crippen LogP contribution in [0, 0.1) is 6.92 Å². The zero-order valence-corrected chi connectivity index (χ0v) is 16.8. The predicted octanol–water partition coefficient (Wildman–Crippen LogP) is 5.06. The van der Waals surface area contributed by atoms with E-state index in [9.17, 15) is 8.42 Å². The highest BCUT2D eigenvalue weighted by Crippen LogP contribution is 2.34. The number of nitrogens with zero attached hydrogens (tertiary/aromatic N) is 3. The Bertz CT molecular complexity index is 1260. The number of halogens is 2. The number of hydrogen-bond acceptors (Lipinski definition) is 5. The van der Waals surface area contributed by atoms with Gasteiger partial charge in [-0.2, -0.15) is 17.6 Å². The van der Waals surface area contributed by atoms with Gasteiger partial charge in [-0.1, -0.05) is 52.6 Å². The van der Waals surface area contributed by atoms with E-state index >= 15 is 0 Å². The first-order valence-corrected chi connectivity index (χ1v) is 10.4. The zero-order valence-electron chi connectivity index (χ0n) is 14.5. The molecule has 4 rings (SSSR count). The fourth-order valence-electron chi connectivity index (χ4n) is 2.81. The molecule has 0 unspecified atom stereocenters. The van der Waals surface area contributed by atoms with Crippen LogP contribution in [-0.2, 0) is 10.0 Å². The molecule has 0 atom stereocenters. The normalized spacial score (nSPS) is 11.7. The van der Waals surface area contributed by atoms with E-state index in [4.69, 9.17) is 27.7 Å². The highest BCUT2D eigenvalue weighted by atomic mass is 35.5. The minimum Gasteiger partial charge on any atom is -0.360 e. The highest BCUT2D eigenvalue weighted by Gasteiger charge is 2.24. The van der Waals surface area contributed by atoms with Crippen molar-refractivity contribution in [3.8, 4) is 22.5 Å². The van der Waals surface area contributed by atoms with Crippen molar-refractivity contribution in [1.29, 1.82) is 0 Å². The Kier molecular flexibility index (Phi) is 4.74. The van der Waals surface area contributed by atoms with Crippen molar-refractivity contribution < 1.29 is 12.9 Å². The molecule has 0 spiro atoms. The molecule has 0 fully saturated rings. The molecule has 2 aromatic heterocycles. The molecule has 4 aromatic rings. The molecule has 0 bridgehead atoms. The van der Waals surface area contributed by atoms with E-state index in [1.165, 1.54) is 18.3 Å². The van der Waals surface area contributed by atoms with E-state index in [1.54, 1.807) is 49.4 Å². The van der Waals surface area contributed by atoms with Gasteiger partial charge in [0, 0.05) is 16.8 Å². The lowest BCUT2D eigenvalue weighted by Crippen LogP contribution is -2.14. The van der Waals surface area contributed by atoms with Crippen molar-refractivity contribution in [3.63, 3.8) is 0 Å². The van der Waals surface area contributed by atoms with Crippen LogP contribution in [-0.4, -0.2) is 22.8 Å². The van der Waals surface area contributed by atoms with Crippen molar-refractivity contribution in [2.45, 2.75) is 11.8 Å². The van der Waals surface area contributed by atoms with Crippen molar-refractivity contribution in [2.24, 2.45) is 0 Å². The van der Waals surface area contributed by atoms with Gasteiger partial charge >= 0.3 is 0 Å². The van der Waals surface area contributed by atoms with Crippen molar-refractivity contribution in [3.05, 3.63) is 76.6 Å². The Morgan fingerprint density at radius 3 is 2.43 bits per heavy atom. The molecule has 0 aliphatic rings. The Balaban J connectivity index is 1.80. The van der Waals surface area contributed by atoms with Gasteiger partial charge in [0.25, 0.3) is 10.0 Å². The van der Waals surface area contributed by atoms with Crippen LogP contribution in [0.3, 0.4) is 0 Å². The van der Waals surface area contributed by atoms with Gasteiger partial charge in [0.15, 0.2) is 0 Å². The predicted molar refractivity (Wildman–Crippen MR) is 107 cm³/mol. The monoisotopic (exact) mass is 433 g/mol. The lowest BCUT2D eigenvalue weighted by Gasteiger charge is -2.06. The molecule has 0 aliphatic heterocycles. The van der Waals surface area contributed by atoms with Crippen LogP contribution in [0.1, 0.15) is 5.76 Å². The molecular weight excluding hydrogens is 421 g/mol. The summed E-state index contributed by atoms with van der Waals surface area (Å²) in [5, 5.41) is 9.07. The van der Waals surface area contributed by atoms with Crippen molar-refractivity contribution in [1.82, 2.24) is 14.3 Å². The average molecular weight is 434 g/mol. The van der Waals surface area contributed by atoms with E-state index in [1.807, 2.05) is 0 Å². The first-order chi connectivity index (χ1) is 13.4. The van der Waals surface area contributed by atoms with E-state index in [2.05, 4.69) is 10.3 Å². The molecule has 0 amide bonds. The molecule has 9 heteroatoms. The average Bonchev–Trinajstić information content (AvgIpc) is 3.29. The zero-order chi connectivity index (χ0) is 19.9. The van der Waals surface area contributed by atoms with Crippen molar-refractivity contribution in [2.75, 3.05) is 0 Å². The number of rotatable bonds is 4. The molecule has 0 saturated carbocycles. The smallest absolute Gasteiger partial charge is 0.284 e. The molecule has 142 valence electrons. The third-order valence-electron chi connectivity index (χ3n) is 4.16. The van der Waals surface area contributed by atoms with Gasteiger partial charge in [-0.25, -0.2) is 0 Å². The minimum atomic E-state index is -3.93. The summed E-state index contributed by atoms with van der Waals surface area (Å²) >= 11 is 12.0. The topological polar surface area (TPSA) is 78.0 Å². The quantitative estimate of drug-likeness (QED) is 0.449. The summed E-state index contributed by atoms with van der Waals surface area (Å²) in [6.07, 6.45) is 1.37. The third-order valence-corrected chi connectivity index (χ3v) is 6.46. The van der Waals surface area contributed by atoms with Crippen LogP contribution in [0.2, 0.25) is 10.0 Å². The number of aryl methyl sites for hydroxylation is 1. The fourth-order valence-corrected chi connectivity index (χ4v) is 4.55. The summed E-state index contributed by atoms with van der Waals surface area (Å²) in [5.74, 6) is 0.519. The molecule has 28 heavy (non-hydrogen) atoms. The third kappa shape index (κ3) is 3.22. The molecule has 0 saturated heterocycles. The second-order valence-electron chi connectivity index (χ2n) is 5.98. The first kappa shape index (κ1) is 18.7.